The van der Waals surface area contributed by atoms with E-state index in [4.69, 9.17) is 27.9 Å². The van der Waals surface area contributed by atoms with E-state index in [9.17, 15) is 22.8 Å². The number of hydrogen-bond donors (Lipinski definition) is 0. The van der Waals surface area contributed by atoms with Crippen LogP contribution in [0.1, 0.15) is 37.7 Å². The molecule has 158 valence electrons. The Morgan fingerprint density at radius 1 is 1.10 bits per heavy atom. The highest BCUT2D eigenvalue weighted by Gasteiger charge is 2.40. The predicted octanol–water partition coefficient (Wildman–Crippen LogP) is 4.24. The van der Waals surface area contributed by atoms with E-state index >= 15 is 0 Å². The topological polar surface area (TPSA) is 79.0 Å². The summed E-state index contributed by atoms with van der Waals surface area (Å²) in [6.07, 6.45) is -3.99. The zero-order valence-corrected chi connectivity index (χ0v) is 17.2. The highest BCUT2D eigenvalue weighted by atomic mass is 35.5. The van der Waals surface area contributed by atoms with Crippen LogP contribution in [0.15, 0.2) is 24.4 Å². The van der Waals surface area contributed by atoms with Crippen LogP contribution in [0.2, 0.25) is 10.0 Å². The summed E-state index contributed by atoms with van der Waals surface area (Å²) in [5, 5.41) is 7.67. The highest BCUT2D eigenvalue weighted by Crippen LogP contribution is 2.33. The summed E-state index contributed by atoms with van der Waals surface area (Å²) in [5.41, 5.74) is -2.06. The molecule has 30 heavy (non-hydrogen) atoms. The molecule has 3 rings (SSSR count). The summed E-state index contributed by atoms with van der Waals surface area (Å²) in [6.45, 7) is 1.49. The van der Waals surface area contributed by atoms with Gasteiger partial charge in [-0.15, -0.1) is 0 Å². The number of hydrogen-bond acceptors (Lipinski definition) is 5. The van der Waals surface area contributed by atoms with Crippen LogP contribution in [-0.2, 0) is 20.3 Å². The van der Waals surface area contributed by atoms with Crippen molar-refractivity contribution in [2.75, 3.05) is 0 Å². The molecule has 0 N–H and O–H groups in total. The first kappa shape index (κ1) is 21.8. The van der Waals surface area contributed by atoms with Crippen LogP contribution in [-0.4, -0.2) is 31.3 Å². The minimum atomic E-state index is -4.87. The van der Waals surface area contributed by atoms with Gasteiger partial charge < -0.3 is 4.74 Å². The molecule has 0 aliphatic carbocycles. The summed E-state index contributed by atoms with van der Waals surface area (Å²) >= 11 is 11.9. The Morgan fingerprint density at radius 3 is 2.37 bits per heavy atom. The van der Waals surface area contributed by atoms with Gasteiger partial charge in [-0.05, 0) is 25.1 Å². The monoisotopic (exact) mass is 460 g/mol. The zero-order chi connectivity index (χ0) is 22.4. The average Bonchev–Trinajstić information content (AvgIpc) is 3.14. The fourth-order valence-corrected chi connectivity index (χ4v) is 3.31. The summed E-state index contributed by atoms with van der Waals surface area (Å²) in [4.78, 5) is 25.5. The second-order valence-corrected chi connectivity index (χ2v) is 7.14. The number of rotatable bonds is 4. The van der Waals surface area contributed by atoms with Gasteiger partial charge in [0.1, 0.15) is 11.1 Å². The molecule has 12 heteroatoms. The molecule has 0 atom stereocenters. The van der Waals surface area contributed by atoms with Crippen LogP contribution in [0.25, 0.3) is 0 Å². The molecule has 0 spiro atoms. The van der Waals surface area contributed by atoms with E-state index in [2.05, 4.69) is 10.2 Å². The van der Waals surface area contributed by atoms with Crippen LogP contribution >= 0.6 is 23.2 Å². The van der Waals surface area contributed by atoms with E-state index in [0.717, 1.165) is 15.6 Å². The number of ether oxygens (including phenoxy) is 1. The van der Waals surface area contributed by atoms with Crippen LogP contribution in [0, 0.1) is 6.92 Å². The third kappa shape index (κ3) is 4.05. The minimum absolute atomic E-state index is 0.0552. The fraction of sp³-hybridized carbons (Fsp3) is 0.222. The van der Waals surface area contributed by atoms with Gasteiger partial charge in [-0.3, -0.25) is 9.48 Å². The molecule has 0 fully saturated rings. The number of carbonyl (C=O) groups excluding carboxylic acids is 2. The number of aryl methyl sites for hydroxylation is 3. The van der Waals surface area contributed by atoms with Crippen molar-refractivity contribution in [1.29, 1.82) is 0 Å². The van der Waals surface area contributed by atoms with Gasteiger partial charge in [-0.1, -0.05) is 23.2 Å². The van der Waals surface area contributed by atoms with Gasteiger partial charge in [0.05, 0.1) is 10.7 Å². The van der Waals surface area contributed by atoms with Gasteiger partial charge in [-0.2, -0.15) is 23.4 Å². The van der Waals surface area contributed by atoms with Crippen LogP contribution in [0.5, 0.6) is 5.88 Å². The maximum Gasteiger partial charge on any atom is 0.436 e. The molecule has 0 aliphatic rings. The lowest BCUT2D eigenvalue weighted by Gasteiger charge is -2.09. The van der Waals surface area contributed by atoms with Crippen molar-refractivity contribution in [3.8, 4) is 5.88 Å². The van der Waals surface area contributed by atoms with Gasteiger partial charge >= 0.3 is 12.1 Å². The van der Waals surface area contributed by atoms with Crippen molar-refractivity contribution in [2.45, 2.75) is 13.1 Å². The number of nitrogens with zero attached hydrogens (tertiary/aromatic N) is 4. The van der Waals surface area contributed by atoms with Crippen molar-refractivity contribution in [2.24, 2.45) is 14.1 Å². The number of benzene rings is 1. The first-order valence-corrected chi connectivity index (χ1v) is 9.02. The first-order valence-electron chi connectivity index (χ1n) is 8.26. The molecule has 0 amide bonds. The quantitative estimate of drug-likeness (QED) is 0.429. The number of aromatic nitrogens is 4. The van der Waals surface area contributed by atoms with Gasteiger partial charge in [0.15, 0.2) is 5.69 Å². The maximum atomic E-state index is 13.2. The molecule has 3 aromatic rings. The van der Waals surface area contributed by atoms with E-state index in [-0.39, 0.29) is 27.7 Å². The molecule has 0 radical (unpaired) electrons. The molecule has 2 aromatic heterocycles. The minimum Gasteiger partial charge on any atom is -0.403 e. The largest absolute Gasteiger partial charge is 0.436 e. The average molecular weight is 461 g/mol. The SMILES string of the molecule is Cc1nn(C)c(OC(=O)c2cn(C)nc2C(F)(F)F)c1C(=O)c1ccc(Cl)cc1Cl. The molecule has 0 saturated carbocycles. The molecular formula is C18H13Cl2F3N4O3. The number of alkyl halides is 3. The molecule has 1 aromatic carbocycles. The lowest BCUT2D eigenvalue weighted by Crippen LogP contribution is -2.18. The second-order valence-electron chi connectivity index (χ2n) is 6.29. The van der Waals surface area contributed by atoms with Gasteiger partial charge in [0, 0.05) is 30.9 Å². The van der Waals surface area contributed by atoms with E-state index < -0.39 is 29.2 Å². The summed E-state index contributed by atoms with van der Waals surface area (Å²) in [7, 11) is 2.61. The summed E-state index contributed by atoms with van der Waals surface area (Å²) < 4.78 is 46.6. The van der Waals surface area contributed by atoms with Gasteiger partial charge in [-0.25, -0.2) is 9.48 Å². The third-order valence-electron chi connectivity index (χ3n) is 4.08. The lowest BCUT2D eigenvalue weighted by atomic mass is 10.0. The smallest absolute Gasteiger partial charge is 0.403 e. The molecule has 7 nitrogen and oxygen atoms in total. The van der Waals surface area contributed by atoms with E-state index in [1.54, 1.807) is 0 Å². The normalized spacial score (nSPS) is 11.6. The summed E-state index contributed by atoms with van der Waals surface area (Å²) in [5.74, 6) is -2.30. The number of ketones is 1. The molecular weight excluding hydrogens is 448 g/mol. The van der Waals surface area contributed by atoms with Crippen molar-refractivity contribution in [1.82, 2.24) is 19.6 Å². The summed E-state index contributed by atoms with van der Waals surface area (Å²) in [6, 6.07) is 4.19. The van der Waals surface area contributed by atoms with Crippen molar-refractivity contribution < 1.29 is 27.5 Å². The maximum absolute atomic E-state index is 13.2. The van der Waals surface area contributed by atoms with E-state index in [1.807, 2.05) is 0 Å². The Kier molecular flexibility index (Phi) is 5.66. The molecule has 0 unspecified atom stereocenters. The number of esters is 1. The standard InChI is InChI=1S/C18H13Cl2F3N4O3/c1-8-13(14(28)10-5-4-9(19)6-12(10)20)16(27(3)24-8)30-17(29)11-7-26(2)25-15(11)18(21,22)23/h4-7H,1-3H3. The Morgan fingerprint density at radius 2 is 1.77 bits per heavy atom. The first-order chi connectivity index (χ1) is 13.9. The molecule has 2 heterocycles. The number of halogens is 5. The van der Waals surface area contributed by atoms with E-state index in [1.165, 1.54) is 39.2 Å². The van der Waals surface area contributed by atoms with Crippen molar-refractivity contribution in [3.05, 3.63) is 62.5 Å². The molecule has 0 saturated heterocycles. The Bertz CT molecular complexity index is 1170. The van der Waals surface area contributed by atoms with Crippen LogP contribution < -0.4 is 4.74 Å². The van der Waals surface area contributed by atoms with Gasteiger partial charge in [0.2, 0.25) is 11.7 Å². The van der Waals surface area contributed by atoms with Crippen LogP contribution in [0.3, 0.4) is 0 Å². The van der Waals surface area contributed by atoms with Crippen molar-refractivity contribution in [3.63, 3.8) is 0 Å². The second kappa shape index (κ2) is 7.77. The number of carbonyl (C=O) groups is 2. The fourth-order valence-electron chi connectivity index (χ4n) is 2.81. The zero-order valence-electron chi connectivity index (χ0n) is 15.7. The highest BCUT2D eigenvalue weighted by molar-refractivity contribution is 6.37. The Hall–Kier alpha value is -2.85. The van der Waals surface area contributed by atoms with Gasteiger partial charge in [0.25, 0.3) is 0 Å². The Labute approximate surface area is 177 Å². The Balaban J connectivity index is 2.03. The van der Waals surface area contributed by atoms with Crippen molar-refractivity contribution >= 4 is 35.0 Å². The molecule has 0 aliphatic heterocycles. The third-order valence-corrected chi connectivity index (χ3v) is 4.63. The molecule has 0 bridgehead atoms. The van der Waals surface area contributed by atoms with Crippen LogP contribution in [0.4, 0.5) is 13.2 Å². The lowest BCUT2D eigenvalue weighted by molar-refractivity contribution is -0.141. The van der Waals surface area contributed by atoms with E-state index in [0.29, 0.717) is 5.02 Å². The predicted molar refractivity (Wildman–Crippen MR) is 101 cm³/mol.